The number of fused-ring (bicyclic) bond motifs is 1. The minimum Gasteiger partial charge on any atom is -0.322 e. The summed E-state index contributed by atoms with van der Waals surface area (Å²) in [5.41, 5.74) is -1.36. The van der Waals surface area contributed by atoms with Crippen molar-refractivity contribution in [2.45, 2.75) is 26.1 Å². The van der Waals surface area contributed by atoms with Gasteiger partial charge in [0.25, 0.3) is 11.5 Å². The smallest absolute Gasteiger partial charge is 0.322 e. The molecule has 33 heavy (non-hydrogen) atoms. The van der Waals surface area contributed by atoms with E-state index in [1.54, 1.807) is 30.6 Å². The summed E-state index contributed by atoms with van der Waals surface area (Å²) in [6, 6.07) is 7.76. The Hall–Kier alpha value is -3.96. The minimum atomic E-state index is -4.74. The predicted molar refractivity (Wildman–Crippen MR) is 115 cm³/mol. The zero-order valence-corrected chi connectivity index (χ0v) is 18.2. The van der Waals surface area contributed by atoms with Gasteiger partial charge in [-0.2, -0.15) is 18.3 Å². The summed E-state index contributed by atoms with van der Waals surface area (Å²) in [6.07, 6.45) is -3.15. The van der Waals surface area contributed by atoms with Crippen molar-refractivity contribution in [1.82, 2.24) is 29.1 Å². The molecule has 0 saturated heterocycles. The molecule has 1 N–H and O–H groups in total. The third-order valence-electron chi connectivity index (χ3n) is 5.22. The molecule has 0 aliphatic rings. The Labute approximate surface area is 185 Å². The van der Waals surface area contributed by atoms with Gasteiger partial charge in [0.05, 0.1) is 5.39 Å². The fourth-order valence-electron chi connectivity index (χ4n) is 3.68. The first-order chi connectivity index (χ1) is 15.5. The average Bonchev–Trinajstić information content (AvgIpc) is 3.35. The van der Waals surface area contributed by atoms with Crippen LogP contribution < -0.4 is 10.9 Å². The molecule has 0 fully saturated rings. The van der Waals surface area contributed by atoms with Gasteiger partial charge in [0.2, 0.25) is 0 Å². The highest BCUT2D eigenvalue weighted by molar-refractivity contribution is 6.06. The van der Waals surface area contributed by atoms with E-state index in [4.69, 9.17) is 0 Å². The Morgan fingerprint density at radius 3 is 2.55 bits per heavy atom. The van der Waals surface area contributed by atoms with E-state index in [0.29, 0.717) is 17.1 Å². The molecule has 0 aliphatic heterocycles. The number of alkyl halides is 3. The second-order valence-electron chi connectivity index (χ2n) is 7.82. The number of amides is 1. The van der Waals surface area contributed by atoms with E-state index < -0.39 is 28.9 Å². The topological polar surface area (TPSA) is 99.6 Å². The third-order valence-corrected chi connectivity index (χ3v) is 5.22. The zero-order chi connectivity index (χ0) is 24.1. The number of aryl methyl sites for hydroxylation is 2. The highest BCUT2D eigenvalue weighted by Crippen LogP contribution is 2.33. The van der Waals surface area contributed by atoms with Crippen molar-refractivity contribution in [1.29, 1.82) is 0 Å². The molecule has 0 unspecified atom stereocenters. The zero-order valence-electron chi connectivity index (χ0n) is 18.2. The van der Waals surface area contributed by atoms with Gasteiger partial charge < -0.3 is 9.88 Å². The van der Waals surface area contributed by atoms with Gasteiger partial charge in [0.1, 0.15) is 17.5 Å². The van der Waals surface area contributed by atoms with Crippen LogP contribution in [0.3, 0.4) is 0 Å². The number of benzene rings is 1. The van der Waals surface area contributed by atoms with E-state index in [9.17, 15) is 22.8 Å². The second kappa shape index (κ2) is 7.87. The first kappa shape index (κ1) is 22.2. The van der Waals surface area contributed by atoms with Crippen LogP contribution in [0.25, 0.3) is 22.4 Å². The van der Waals surface area contributed by atoms with Gasteiger partial charge in [-0.25, -0.2) is 0 Å². The number of aromatic nitrogens is 6. The van der Waals surface area contributed by atoms with Gasteiger partial charge in [0, 0.05) is 31.4 Å². The van der Waals surface area contributed by atoms with Crippen LogP contribution in [0.1, 0.15) is 35.9 Å². The molecule has 4 aromatic rings. The Bertz CT molecular complexity index is 1430. The number of nitrogens with one attached hydrogen (secondary N) is 1. The van der Waals surface area contributed by atoms with Crippen LogP contribution in [0.15, 0.2) is 41.5 Å². The summed E-state index contributed by atoms with van der Waals surface area (Å²) in [7, 11) is 2.60. The lowest BCUT2D eigenvalue weighted by Gasteiger charge is -2.12. The van der Waals surface area contributed by atoms with E-state index in [0.717, 1.165) is 15.3 Å². The van der Waals surface area contributed by atoms with Crippen molar-refractivity contribution in [3.05, 3.63) is 58.3 Å². The number of carbonyl (C=O) groups excluding carboxylic acids is 1. The molecule has 0 spiro atoms. The van der Waals surface area contributed by atoms with E-state index in [1.165, 1.54) is 14.1 Å². The fraction of sp³-hybridized carbons (Fsp3) is 0.286. The monoisotopic (exact) mass is 459 g/mol. The van der Waals surface area contributed by atoms with Crippen LogP contribution in [0.2, 0.25) is 0 Å². The first-order valence-electron chi connectivity index (χ1n) is 9.94. The van der Waals surface area contributed by atoms with Crippen LogP contribution in [0.4, 0.5) is 18.9 Å². The molecule has 12 heteroatoms. The van der Waals surface area contributed by atoms with E-state index in [1.807, 2.05) is 18.4 Å². The van der Waals surface area contributed by atoms with Crippen molar-refractivity contribution in [2.24, 2.45) is 14.1 Å². The maximum atomic E-state index is 13.4. The largest absolute Gasteiger partial charge is 0.435 e. The first-order valence-corrected chi connectivity index (χ1v) is 9.94. The van der Waals surface area contributed by atoms with Crippen molar-refractivity contribution >= 4 is 22.6 Å². The van der Waals surface area contributed by atoms with Gasteiger partial charge >= 0.3 is 6.18 Å². The maximum absolute atomic E-state index is 13.4. The molecule has 0 bridgehead atoms. The van der Waals surface area contributed by atoms with Crippen molar-refractivity contribution in [3.63, 3.8) is 0 Å². The third kappa shape index (κ3) is 3.88. The normalized spacial score (nSPS) is 12.0. The lowest BCUT2D eigenvalue weighted by Crippen LogP contribution is -2.28. The van der Waals surface area contributed by atoms with Crippen LogP contribution in [0, 0.1) is 0 Å². The summed E-state index contributed by atoms with van der Waals surface area (Å²) < 4.78 is 44.1. The van der Waals surface area contributed by atoms with Crippen LogP contribution >= 0.6 is 0 Å². The molecular weight excluding hydrogens is 439 g/mol. The minimum absolute atomic E-state index is 0.0427. The second-order valence-corrected chi connectivity index (χ2v) is 7.82. The summed E-state index contributed by atoms with van der Waals surface area (Å²) in [4.78, 5) is 25.7. The Balaban J connectivity index is 1.74. The number of anilines is 1. The number of pyridine rings is 1. The van der Waals surface area contributed by atoms with Gasteiger partial charge in [-0.3, -0.25) is 18.8 Å². The molecule has 0 atom stereocenters. The highest BCUT2D eigenvalue weighted by Gasteiger charge is 2.37. The summed E-state index contributed by atoms with van der Waals surface area (Å²) in [5, 5.41) is 13.8. The van der Waals surface area contributed by atoms with Crippen LogP contribution in [-0.2, 0) is 20.3 Å². The van der Waals surface area contributed by atoms with Crippen molar-refractivity contribution in [3.8, 4) is 11.4 Å². The van der Waals surface area contributed by atoms with E-state index in [-0.39, 0.29) is 17.1 Å². The SMILES string of the molecule is CC(C)n1cnnc1-c1cccc(NC(=O)c2cc3c(C(F)(F)F)nn(C)c3n(C)c2=O)c1. The molecule has 1 amide bonds. The molecule has 1 aromatic carbocycles. The molecule has 0 radical (unpaired) electrons. The number of hydrogen-bond acceptors (Lipinski definition) is 5. The van der Waals surface area contributed by atoms with E-state index in [2.05, 4.69) is 20.6 Å². The Morgan fingerprint density at radius 2 is 1.88 bits per heavy atom. The lowest BCUT2D eigenvalue weighted by atomic mass is 10.1. The molecule has 9 nitrogen and oxygen atoms in total. The summed E-state index contributed by atoms with van der Waals surface area (Å²) in [6.45, 7) is 3.94. The number of carbonyl (C=O) groups is 1. The molecular formula is C21H20F3N7O2. The molecule has 172 valence electrons. The van der Waals surface area contributed by atoms with Gasteiger partial charge in [-0.1, -0.05) is 12.1 Å². The lowest BCUT2D eigenvalue weighted by molar-refractivity contribution is -0.140. The number of hydrogen-bond donors (Lipinski definition) is 1. The molecule has 4 rings (SSSR count). The Morgan fingerprint density at radius 1 is 1.15 bits per heavy atom. The summed E-state index contributed by atoms with van der Waals surface area (Å²) in [5.74, 6) is -0.249. The molecule has 3 aromatic heterocycles. The predicted octanol–water partition coefficient (Wildman–Crippen LogP) is 3.38. The summed E-state index contributed by atoms with van der Waals surface area (Å²) >= 11 is 0. The van der Waals surface area contributed by atoms with Gasteiger partial charge in [0.15, 0.2) is 11.5 Å². The van der Waals surface area contributed by atoms with Crippen LogP contribution in [0.5, 0.6) is 0 Å². The van der Waals surface area contributed by atoms with Gasteiger partial charge in [-0.05, 0) is 32.0 Å². The van der Waals surface area contributed by atoms with Crippen LogP contribution in [-0.4, -0.2) is 35.0 Å². The highest BCUT2D eigenvalue weighted by atomic mass is 19.4. The van der Waals surface area contributed by atoms with Crippen molar-refractivity contribution in [2.75, 3.05) is 5.32 Å². The molecule has 3 heterocycles. The number of halogens is 3. The molecule has 0 saturated carbocycles. The van der Waals surface area contributed by atoms with Crippen molar-refractivity contribution < 1.29 is 18.0 Å². The maximum Gasteiger partial charge on any atom is 0.435 e. The quantitative estimate of drug-likeness (QED) is 0.504. The molecule has 0 aliphatic carbocycles. The fourth-order valence-corrected chi connectivity index (χ4v) is 3.68. The number of nitrogens with zero attached hydrogens (tertiary/aromatic N) is 6. The average molecular weight is 459 g/mol. The van der Waals surface area contributed by atoms with E-state index >= 15 is 0 Å². The number of rotatable bonds is 4. The Kier molecular flexibility index (Phi) is 5.30. The standard InChI is InChI=1S/C21H20F3N7O2/c1-11(2)31-10-25-27-17(31)12-6-5-7-13(8-12)26-18(32)15-9-14-16(21(22,23)24)28-30(4)19(14)29(3)20(15)33/h5-11H,1-4H3,(H,26,32). The van der Waals surface area contributed by atoms with Gasteiger partial charge in [-0.15, -0.1) is 10.2 Å².